The van der Waals surface area contributed by atoms with E-state index in [1.54, 1.807) is 0 Å². The minimum Gasteiger partial charge on any atom is -0.0622 e. The molecule has 71 heavy (non-hydrogen) atoms. The van der Waals surface area contributed by atoms with E-state index in [0.29, 0.717) is 0 Å². The van der Waals surface area contributed by atoms with Crippen LogP contribution in [0.4, 0.5) is 0 Å². The Morgan fingerprint density at radius 2 is 0.549 bits per heavy atom. The van der Waals surface area contributed by atoms with E-state index in [4.69, 9.17) is 0 Å². The Morgan fingerprint density at radius 1 is 0.183 bits per heavy atom. The van der Waals surface area contributed by atoms with Crippen LogP contribution in [0.5, 0.6) is 0 Å². The van der Waals surface area contributed by atoms with Crippen LogP contribution in [0.1, 0.15) is 22.3 Å². The van der Waals surface area contributed by atoms with Gasteiger partial charge in [0.1, 0.15) is 0 Å². The zero-order valence-corrected chi connectivity index (χ0v) is 38.7. The number of fused-ring (bicyclic) bond motifs is 23. The van der Waals surface area contributed by atoms with E-state index in [1.807, 2.05) is 0 Å². The van der Waals surface area contributed by atoms with Gasteiger partial charge in [-0.05, 0) is 159 Å². The number of rotatable bonds is 3. The van der Waals surface area contributed by atoms with Gasteiger partial charge in [-0.15, -0.1) is 0 Å². The van der Waals surface area contributed by atoms with Crippen LogP contribution in [0.15, 0.2) is 255 Å². The molecule has 0 aliphatic heterocycles. The van der Waals surface area contributed by atoms with Crippen molar-refractivity contribution in [3.05, 3.63) is 277 Å². The summed E-state index contributed by atoms with van der Waals surface area (Å²) in [5, 5.41) is 17.9. The molecule has 16 rings (SSSR count). The summed E-state index contributed by atoms with van der Waals surface area (Å²) >= 11 is 0. The van der Waals surface area contributed by atoms with Crippen molar-refractivity contribution in [1.29, 1.82) is 0 Å². The standard InChI is InChI=1S/C71H42/c1-2-20-43(21-3-1)45-40-41-59(47-23-5-4-22-46(45)47)66-57-33-13-11-31-55(57)65(56-32-12-14-34-58(56)66)44-38-39-61-62(42-44)50-26-7-10-30-54(50)68-67-53-29-9-6-24-48(53)49-25-8-15-35-60(49)69(67)71(70(61)68)63-36-18-16-27-51(63)52-28-17-19-37-64(52)71/h1-42H. The largest absolute Gasteiger partial charge is 0.0738 e. The van der Waals surface area contributed by atoms with Gasteiger partial charge in [-0.1, -0.05) is 249 Å². The monoisotopic (exact) mass is 894 g/mol. The van der Waals surface area contributed by atoms with Gasteiger partial charge in [-0.25, -0.2) is 0 Å². The summed E-state index contributed by atoms with van der Waals surface area (Å²) in [7, 11) is 0. The lowest BCUT2D eigenvalue weighted by Crippen LogP contribution is -2.26. The summed E-state index contributed by atoms with van der Waals surface area (Å²) in [6.45, 7) is 0. The van der Waals surface area contributed by atoms with Crippen molar-refractivity contribution in [2.24, 2.45) is 0 Å². The van der Waals surface area contributed by atoms with Crippen molar-refractivity contribution in [2.75, 3.05) is 0 Å². The topological polar surface area (TPSA) is 0 Å². The third-order valence-electron chi connectivity index (χ3n) is 16.4. The fourth-order valence-corrected chi connectivity index (χ4v) is 13.8. The Kier molecular flexibility index (Phi) is 7.91. The predicted octanol–water partition coefficient (Wildman–Crippen LogP) is 19.1. The van der Waals surface area contributed by atoms with Gasteiger partial charge in [-0.2, -0.15) is 0 Å². The average molecular weight is 895 g/mol. The SMILES string of the molecule is c1ccc(-c2ccc(-c3c4ccccc4c(-c4ccc5c6c(c7ccccc7c5c4)-c4c(c5ccccc5c5ccccc45)C64c5ccccc5-c5ccccc54)c4ccccc34)c3ccccc23)cc1. The van der Waals surface area contributed by atoms with Crippen LogP contribution in [-0.4, -0.2) is 0 Å². The summed E-state index contributed by atoms with van der Waals surface area (Å²) in [6, 6.07) is 96.2. The molecule has 0 heteroatoms. The van der Waals surface area contributed by atoms with Gasteiger partial charge >= 0.3 is 0 Å². The van der Waals surface area contributed by atoms with E-state index < -0.39 is 5.41 Å². The first-order chi connectivity index (χ1) is 35.3. The van der Waals surface area contributed by atoms with Crippen LogP contribution in [-0.2, 0) is 5.41 Å². The second-order valence-corrected chi connectivity index (χ2v) is 19.7. The zero-order chi connectivity index (χ0) is 46.4. The summed E-state index contributed by atoms with van der Waals surface area (Å²) < 4.78 is 0. The summed E-state index contributed by atoms with van der Waals surface area (Å²) in [5.74, 6) is 0. The third kappa shape index (κ3) is 5.03. The highest BCUT2D eigenvalue weighted by Crippen LogP contribution is 2.68. The van der Waals surface area contributed by atoms with Crippen LogP contribution in [0.3, 0.4) is 0 Å². The first-order valence-corrected chi connectivity index (χ1v) is 24.9. The van der Waals surface area contributed by atoms with E-state index >= 15 is 0 Å². The quantitative estimate of drug-likeness (QED) is 0.122. The lowest BCUT2D eigenvalue weighted by atomic mass is 9.67. The lowest BCUT2D eigenvalue weighted by molar-refractivity contribution is 0.810. The first-order valence-electron chi connectivity index (χ1n) is 24.9. The van der Waals surface area contributed by atoms with Gasteiger partial charge in [0.05, 0.1) is 5.41 Å². The van der Waals surface area contributed by atoms with Gasteiger partial charge in [-0.3, -0.25) is 0 Å². The van der Waals surface area contributed by atoms with Crippen molar-refractivity contribution in [3.63, 3.8) is 0 Å². The van der Waals surface area contributed by atoms with Crippen LogP contribution < -0.4 is 0 Å². The van der Waals surface area contributed by atoms with Crippen LogP contribution in [0.25, 0.3) is 131 Å². The molecule has 0 N–H and O–H groups in total. The average Bonchev–Trinajstić information content (AvgIpc) is 3.94. The Bertz CT molecular complexity index is 4530. The molecule has 1 spiro atoms. The Hall–Kier alpha value is -9.10. The molecule has 0 heterocycles. The van der Waals surface area contributed by atoms with Gasteiger partial charge in [0.15, 0.2) is 0 Å². The molecule has 0 unspecified atom stereocenters. The first kappa shape index (κ1) is 38.8. The molecule has 0 saturated heterocycles. The van der Waals surface area contributed by atoms with Crippen molar-refractivity contribution in [3.8, 4) is 55.6 Å². The molecule has 0 saturated carbocycles. The normalized spacial score (nSPS) is 13.2. The smallest absolute Gasteiger partial charge is 0.0622 e. The Morgan fingerprint density at radius 3 is 1.10 bits per heavy atom. The molecule has 326 valence electrons. The van der Waals surface area contributed by atoms with Gasteiger partial charge in [0, 0.05) is 0 Å². The molecule has 2 aliphatic carbocycles. The van der Waals surface area contributed by atoms with Crippen molar-refractivity contribution in [2.45, 2.75) is 5.41 Å². The zero-order valence-electron chi connectivity index (χ0n) is 38.7. The minimum atomic E-state index is -0.564. The number of benzene rings is 14. The maximum absolute atomic E-state index is 2.54. The fraction of sp³-hybridized carbons (Fsp3) is 0.0141. The van der Waals surface area contributed by atoms with Gasteiger partial charge < -0.3 is 0 Å². The summed E-state index contributed by atoms with van der Waals surface area (Å²) in [5.41, 5.74) is 17.8. The lowest BCUT2D eigenvalue weighted by Gasteiger charge is -2.33. The van der Waals surface area contributed by atoms with Crippen molar-refractivity contribution >= 4 is 75.4 Å². The van der Waals surface area contributed by atoms with Crippen LogP contribution >= 0.6 is 0 Å². The molecule has 0 aromatic heterocycles. The van der Waals surface area contributed by atoms with E-state index in [0.717, 1.165) is 0 Å². The summed E-state index contributed by atoms with van der Waals surface area (Å²) in [6.07, 6.45) is 0. The predicted molar refractivity (Wildman–Crippen MR) is 302 cm³/mol. The molecule has 0 fully saturated rings. The maximum Gasteiger partial charge on any atom is 0.0738 e. The molecule has 14 aromatic rings. The van der Waals surface area contributed by atoms with Crippen molar-refractivity contribution < 1.29 is 0 Å². The summed E-state index contributed by atoms with van der Waals surface area (Å²) in [4.78, 5) is 0. The Labute approximate surface area is 411 Å². The second kappa shape index (κ2) is 14.5. The van der Waals surface area contributed by atoms with Gasteiger partial charge in [0.25, 0.3) is 0 Å². The van der Waals surface area contributed by atoms with Crippen LogP contribution in [0.2, 0.25) is 0 Å². The molecule has 2 aliphatic rings. The molecule has 0 nitrogen and oxygen atoms in total. The van der Waals surface area contributed by atoms with Gasteiger partial charge in [0.2, 0.25) is 0 Å². The highest BCUT2D eigenvalue weighted by atomic mass is 14.5. The molecule has 0 radical (unpaired) electrons. The molecular formula is C71H42. The maximum atomic E-state index is 2.54. The van der Waals surface area contributed by atoms with E-state index in [9.17, 15) is 0 Å². The second-order valence-electron chi connectivity index (χ2n) is 19.7. The molecule has 0 amide bonds. The molecule has 0 atom stereocenters. The number of hydrogen-bond donors (Lipinski definition) is 0. The molecule has 14 aromatic carbocycles. The highest BCUT2D eigenvalue weighted by Gasteiger charge is 2.54. The van der Waals surface area contributed by atoms with E-state index in [-0.39, 0.29) is 0 Å². The van der Waals surface area contributed by atoms with Crippen LogP contribution in [0, 0.1) is 0 Å². The van der Waals surface area contributed by atoms with E-state index in [1.165, 1.54) is 153 Å². The van der Waals surface area contributed by atoms with Crippen molar-refractivity contribution in [1.82, 2.24) is 0 Å². The fourth-order valence-electron chi connectivity index (χ4n) is 13.8. The molecular weight excluding hydrogens is 853 g/mol. The third-order valence-corrected chi connectivity index (χ3v) is 16.4. The highest BCUT2D eigenvalue weighted by molar-refractivity contribution is 6.29. The minimum absolute atomic E-state index is 0.564. The Balaban J connectivity index is 1.03. The van der Waals surface area contributed by atoms with E-state index in [2.05, 4.69) is 255 Å². The number of hydrogen-bond acceptors (Lipinski definition) is 0. The molecule has 0 bridgehead atoms.